The number of esters is 2. The molecule has 1 aliphatic heterocycles. The number of hydrogen-bond acceptors (Lipinski definition) is 7. The van der Waals surface area contributed by atoms with E-state index in [0.29, 0.717) is 25.0 Å². The molecule has 1 heterocycles. The Morgan fingerprint density at radius 2 is 1.00 bits per heavy atom. The molecular formula is C45H81O9P. The predicted molar refractivity (Wildman–Crippen MR) is 225 cm³/mol. The topological polar surface area (TPSA) is 132 Å². The second-order valence-electron chi connectivity index (χ2n) is 15.4. The molecule has 9 nitrogen and oxygen atoms in total. The van der Waals surface area contributed by atoms with Crippen LogP contribution in [0.1, 0.15) is 206 Å². The third-order valence-electron chi connectivity index (χ3n) is 10.1. The molecule has 0 amide bonds. The van der Waals surface area contributed by atoms with Crippen molar-refractivity contribution in [2.45, 2.75) is 225 Å². The molecule has 0 aliphatic carbocycles. The number of hydrogen-bond donors (Lipinski definition) is 2. The zero-order valence-corrected chi connectivity index (χ0v) is 35.9. The first-order valence-electron chi connectivity index (χ1n) is 22.4. The van der Waals surface area contributed by atoms with Crippen LogP contribution in [0.3, 0.4) is 0 Å². The lowest BCUT2D eigenvalue weighted by Gasteiger charge is -2.18. The highest BCUT2D eigenvalue weighted by Crippen LogP contribution is 2.36. The highest BCUT2D eigenvalue weighted by atomic mass is 31.2. The van der Waals surface area contributed by atoms with Crippen molar-refractivity contribution in [3.8, 4) is 0 Å². The smallest absolute Gasteiger partial charge is 0.462 e. The van der Waals surface area contributed by atoms with Crippen LogP contribution in [0.25, 0.3) is 0 Å². The summed E-state index contributed by atoms with van der Waals surface area (Å²) in [7, 11) is -4.77. The van der Waals surface area contributed by atoms with Crippen molar-refractivity contribution in [3.63, 3.8) is 0 Å². The Balaban J connectivity index is 2.06. The monoisotopic (exact) mass is 797 g/mol. The molecule has 0 radical (unpaired) electrons. The van der Waals surface area contributed by atoms with Crippen LogP contribution < -0.4 is 0 Å². The largest absolute Gasteiger partial charge is 0.469 e. The first-order chi connectivity index (χ1) is 26.7. The zero-order valence-electron chi connectivity index (χ0n) is 35.0. The summed E-state index contributed by atoms with van der Waals surface area (Å²) in [6.45, 7) is 3.62. The molecule has 1 aliphatic rings. The Morgan fingerprint density at radius 3 is 1.55 bits per heavy atom. The van der Waals surface area contributed by atoms with Gasteiger partial charge in [-0.1, -0.05) is 179 Å². The van der Waals surface area contributed by atoms with Gasteiger partial charge in [-0.05, 0) is 51.4 Å². The van der Waals surface area contributed by atoms with E-state index in [1.807, 2.05) is 6.08 Å². The van der Waals surface area contributed by atoms with Gasteiger partial charge in [0.25, 0.3) is 0 Å². The average Bonchev–Trinajstić information content (AvgIpc) is 3.91. The van der Waals surface area contributed by atoms with Crippen molar-refractivity contribution >= 4 is 19.8 Å². The summed E-state index contributed by atoms with van der Waals surface area (Å²) < 4.78 is 32.1. The summed E-state index contributed by atoms with van der Waals surface area (Å²) in [5, 5.41) is 0. The van der Waals surface area contributed by atoms with Gasteiger partial charge in [-0.3, -0.25) is 14.1 Å². The van der Waals surface area contributed by atoms with Gasteiger partial charge in [0.15, 0.2) is 6.10 Å². The van der Waals surface area contributed by atoms with Crippen molar-refractivity contribution < 1.29 is 42.7 Å². The molecule has 10 heteroatoms. The molecule has 3 atom stereocenters. The number of phosphoric acid groups is 1. The van der Waals surface area contributed by atoms with Gasteiger partial charge < -0.3 is 24.0 Å². The lowest BCUT2D eigenvalue weighted by Crippen LogP contribution is -2.29. The van der Waals surface area contributed by atoms with E-state index in [9.17, 15) is 14.2 Å². The van der Waals surface area contributed by atoms with Crippen molar-refractivity contribution in [3.05, 3.63) is 36.5 Å². The Labute approximate surface area is 336 Å². The van der Waals surface area contributed by atoms with E-state index in [1.165, 1.54) is 122 Å². The van der Waals surface area contributed by atoms with Crippen molar-refractivity contribution in [2.75, 3.05) is 13.2 Å². The maximum atomic E-state index is 12.4. The first-order valence-corrected chi connectivity index (χ1v) is 23.9. The van der Waals surface area contributed by atoms with Gasteiger partial charge in [0.1, 0.15) is 6.61 Å². The third-order valence-corrected chi connectivity index (χ3v) is 10.5. The molecule has 0 aromatic carbocycles. The van der Waals surface area contributed by atoms with E-state index in [4.69, 9.17) is 24.0 Å². The first kappa shape index (κ1) is 51.2. The van der Waals surface area contributed by atoms with Crippen LogP contribution in [-0.4, -0.2) is 53.3 Å². The maximum absolute atomic E-state index is 12.4. The molecule has 1 saturated heterocycles. The van der Waals surface area contributed by atoms with Gasteiger partial charge in [0, 0.05) is 12.8 Å². The SMILES string of the molecule is CCCCC/C=C\CC1OC1C/C=C\C/C=C\CCCC(=O)O[C@H](COC(=O)CCCCCCCCCCCCCCCCCCCCC)COP(=O)(O)O. The Kier molecular flexibility index (Phi) is 34.1. The fourth-order valence-electron chi connectivity index (χ4n) is 6.58. The minimum Gasteiger partial charge on any atom is -0.462 e. The summed E-state index contributed by atoms with van der Waals surface area (Å²) in [6.07, 6.45) is 46.2. The van der Waals surface area contributed by atoms with E-state index in [1.54, 1.807) is 0 Å². The summed E-state index contributed by atoms with van der Waals surface area (Å²) >= 11 is 0. The minimum absolute atomic E-state index is 0.132. The van der Waals surface area contributed by atoms with Gasteiger partial charge in [0.2, 0.25) is 0 Å². The predicted octanol–water partition coefficient (Wildman–Crippen LogP) is 12.7. The molecule has 1 rings (SSSR count). The highest BCUT2D eigenvalue weighted by Gasteiger charge is 2.36. The molecule has 0 aromatic rings. The molecule has 55 heavy (non-hydrogen) atoms. The average molecular weight is 797 g/mol. The molecule has 320 valence electrons. The summed E-state index contributed by atoms with van der Waals surface area (Å²) in [4.78, 5) is 42.9. The van der Waals surface area contributed by atoms with Crippen molar-refractivity contribution in [1.29, 1.82) is 0 Å². The Hall–Kier alpha value is -1.77. The molecular weight excluding hydrogens is 715 g/mol. The van der Waals surface area contributed by atoms with Crippen LogP contribution in [0, 0.1) is 0 Å². The lowest BCUT2D eigenvalue weighted by atomic mass is 10.0. The molecule has 0 bridgehead atoms. The number of carbonyl (C=O) groups excluding carboxylic acids is 2. The number of phosphoric ester groups is 1. The third kappa shape index (κ3) is 36.3. The standard InChI is InChI=1S/C45H81O9P/c1-3-5-7-9-11-12-13-14-15-16-17-18-19-20-21-22-25-29-33-37-44(46)51-39-41(40-52-55(48,49)50)53-45(47)38-34-30-26-23-24-28-32-36-43-42(54-43)35-31-27-10-8-6-4-2/h23,26-28,31-32,41-43H,3-22,24-25,29-30,33-40H2,1-2H3,(H2,48,49,50)/b26-23-,31-27-,32-28-/t41-,42?,43?/m1/s1. The number of epoxide rings is 1. The van der Waals surface area contributed by atoms with Crippen molar-refractivity contribution in [2.24, 2.45) is 0 Å². The highest BCUT2D eigenvalue weighted by molar-refractivity contribution is 7.46. The zero-order chi connectivity index (χ0) is 40.1. The molecule has 2 N–H and O–H groups in total. The number of rotatable bonds is 40. The molecule has 0 saturated carbocycles. The second-order valence-corrected chi connectivity index (χ2v) is 16.7. The Morgan fingerprint density at radius 1 is 0.564 bits per heavy atom. The van der Waals surface area contributed by atoms with Gasteiger partial charge >= 0.3 is 19.8 Å². The van der Waals surface area contributed by atoms with Crippen LogP contribution in [0.4, 0.5) is 0 Å². The van der Waals surface area contributed by atoms with Crippen LogP contribution in [0.5, 0.6) is 0 Å². The summed E-state index contributed by atoms with van der Waals surface area (Å²) in [6, 6.07) is 0. The minimum atomic E-state index is -4.77. The van der Waals surface area contributed by atoms with Crippen molar-refractivity contribution in [1.82, 2.24) is 0 Å². The van der Waals surface area contributed by atoms with E-state index >= 15 is 0 Å². The van der Waals surface area contributed by atoms with Gasteiger partial charge in [-0.25, -0.2) is 4.57 Å². The fraction of sp³-hybridized carbons (Fsp3) is 0.822. The van der Waals surface area contributed by atoms with Crippen LogP contribution in [0.2, 0.25) is 0 Å². The van der Waals surface area contributed by atoms with Crippen LogP contribution >= 0.6 is 7.82 Å². The van der Waals surface area contributed by atoms with Crippen LogP contribution in [0.15, 0.2) is 36.5 Å². The van der Waals surface area contributed by atoms with Gasteiger partial charge in [-0.2, -0.15) is 0 Å². The van der Waals surface area contributed by atoms with Crippen LogP contribution in [-0.2, 0) is 32.9 Å². The normalized spacial score (nSPS) is 16.4. The maximum Gasteiger partial charge on any atom is 0.469 e. The quantitative estimate of drug-likeness (QED) is 0.0204. The summed E-state index contributed by atoms with van der Waals surface area (Å²) in [5.41, 5.74) is 0. The number of allylic oxidation sites excluding steroid dienone is 4. The van der Waals surface area contributed by atoms with E-state index in [-0.39, 0.29) is 19.4 Å². The lowest BCUT2D eigenvalue weighted by molar-refractivity contribution is -0.161. The van der Waals surface area contributed by atoms with E-state index in [0.717, 1.165) is 44.9 Å². The van der Waals surface area contributed by atoms with Gasteiger partial charge in [-0.15, -0.1) is 0 Å². The summed E-state index contributed by atoms with van der Waals surface area (Å²) in [5.74, 6) is -0.949. The van der Waals surface area contributed by atoms with Gasteiger partial charge in [0.05, 0.1) is 18.8 Å². The number of ether oxygens (including phenoxy) is 3. The molecule has 2 unspecified atom stereocenters. The van der Waals surface area contributed by atoms with E-state index in [2.05, 4.69) is 48.8 Å². The Bertz CT molecular complexity index is 1050. The molecule has 0 aromatic heterocycles. The fourth-order valence-corrected chi connectivity index (χ4v) is 6.95. The van der Waals surface area contributed by atoms with E-state index < -0.39 is 32.5 Å². The number of carbonyl (C=O) groups is 2. The molecule has 1 fully saturated rings. The second kappa shape index (κ2) is 36.6. The molecule has 0 spiro atoms. The number of unbranched alkanes of at least 4 members (excludes halogenated alkanes) is 22.